The molecular weight excluding hydrogens is 462 g/mol. The second kappa shape index (κ2) is 10.6. The van der Waals surface area contributed by atoms with Crippen molar-refractivity contribution in [2.75, 3.05) is 39.5 Å². The van der Waals surface area contributed by atoms with Gasteiger partial charge in [-0.1, -0.05) is 13.8 Å². The zero-order valence-corrected chi connectivity index (χ0v) is 23.5. The molecule has 0 bridgehead atoms. The monoisotopic (exact) mass is 513 g/mol. The van der Waals surface area contributed by atoms with Crippen molar-refractivity contribution < 1.29 is 19.0 Å². The minimum absolute atomic E-state index is 0.0317. The van der Waals surface area contributed by atoms with Gasteiger partial charge in [0, 0.05) is 18.6 Å². The number of fused-ring (bicyclic) bond motifs is 5. The number of likely N-dealkylation sites (tertiary alicyclic amines) is 1. The molecule has 1 saturated heterocycles. The Morgan fingerprint density at radius 2 is 1.84 bits per heavy atom. The molecule has 2 heterocycles. The lowest BCUT2D eigenvalue weighted by molar-refractivity contribution is -0.207. The van der Waals surface area contributed by atoms with Crippen LogP contribution in [0.2, 0.25) is 0 Å². The van der Waals surface area contributed by atoms with E-state index in [4.69, 9.17) is 13.9 Å². The minimum Gasteiger partial charge on any atom is -0.472 e. The second-order valence-electron chi connectivity index (χ2n) is 13.8. The van der Waals surface area contributed by atoms with Crippen molar-refractivity contribution in [3.05, 3.63) is 24.2 Å². The Kier molecular flexibility index (Phi) is 7.54. The molecule has 5 heteroatoms. The molecule has 6 rings (SSSR count). The van der Waals surface area contributed by atoms with Crippen molar-refractivity contribution in [1.82, 2.24) is 4.90 Å². The summed E-state index contributed by atoms with van der Waals surface area (Å²) in [6.07, 6.45) is 18.5. The van der Waals surface area contributed by atoms with E-state index in [1.165, 1.54) is 76.6 Å². The van der Waals surface area contributed by atoms with Gasteiger partial charge in [0.05, 0.1) is 37.4 Å². The molecule has 5 aliphatic rings. The summed E-state index contributed by atoms with van der Waals surface area (Å²) in [6, 6.07) is 2.13. The molecule has 1 N–H and O–H groups in total. The third kappa shape index (κ3) is 4.64. The van der Waals surface area contributed by atoms with Gasteiger partial charge in [0.15, 0.2) is 0 Å². The van der Waals surface area contributed by atoms with E-state index in [9.17, 15) is 5.11 Å². The molecule has 4 aliphatic carbocycles. The maximum atomic E-state index is 12.4. The molecule has 1 aromatic rings. The van der Waals surface area contributed by atoms with Crippen molar-refractivity contribution in [3.63, 3.8) is 0 Å². The Morgan fingerprint density at radius 1 is 0.973 bits per heavy atom. The van der Waals surface area contributed by atoms with Gasteiger partial charge in [0.25, 0.3) is 0 Å². The fraction of sp³-hybridized carbons (Fsp3) is 0.875. The summed E-state index contributed by atoms with van der Waals surface area (Å²) in [6.45, 7) is 11.0. The average Bonchev–Trinajstić information content (AvgIpc) is 3.65. The summed E-state index contributed by atoms with van der Waals surface area (Å²) >= 11 is 0. The van der Waals surface area contributed by atoms with E-state index in [-0.39, 0.29) is 5.41 Å². The SMILES string of the molecule is C[C@]12CC[C@H](OCCOCCCN3CCCC3)C[C@H]1CC[C@@H]1[C@@H]2CC[C@]2(C)[C@@H](c3ccoc3)CC[C@]12O. The van der Waals surface area contributed by atoms with Gasteiger partial charge in [-0.05, 0) is 131 Å². The number of aliphatic hydroxyl groups is 1. The highest BCUT2D eigenvalue weighted by molar-refractivity contribution is 5.26. The van der Waals surface area contributed by atoms with Crippen molar-refractivity contribution in [2.45, 2.75) is 109 Å². The summed E-state index contributed by atoms with van der Waals surface area (Å²) in [7, 11) is 0. The molecule has 8 atom stereocenters. The van der Waals surface area contributed by atoms with Crippen LogP contribution < -0.4 is 0 Å². The predicted octanol–water partition coefficient (Wildman–Crippen LogP) is 6.41. The maximum absolute atomic E-state index is 12.4. The summed E-state index contributed by atoms with van der Waals surface area (Å²) in [5.74, 6) is 2.24. The van der Waals surface area contributed by atoms with Crippen molar-refractivity contribution >= 4 is 0 Å². The first-order valence-corrected chi connectivity index (χ1v) is 15.6. The quantitative estimate of drug-likeness (QED) is 0.387. The molecule has 208 valence electrons. The largest absolute Gasteiger partial charge is 0.472 e. The molecule has 0 unspecified atom stereocenters. The Labute approximate surface area is 224 Å². The van der Waals surface area contributed by atoms with E-state index in [2.05, 4.69) is 24.8 Å². The molecule has 0 radical (unpaired) electrons. The van der Waals surface area contributed by atoms with E-state index in [0.29, 0.717) is 29.3 Å². The third-order valence-electron chi connectivity index (χ3n) is 12.3. The molecule has 1 aliphatic heterocycles. The van der Waals surface area contributed by atoms with Gasteiger partial charge in [0.1, 0.15) is 0 Å². The predicted molar refractivity (Wildman–Crippen MR) is 145 cm³/mol. The van der Waals surface area contributed by atoms with Gasteiger partial charge in [-0.3, -0.25) is 0 Å². The highest BCUT2D eigenvalue weighted by atomic mass is 16.5. The van der Waals surface area contributed by atoms with E-state index in [1.807, 2.05) is 6.26 Å². The first kappa shape index (κ1) is 26.3. The number of nitrogens with zero attached hydrogens (tertiary/aromatic N) is 1. The first-order chi connectivity index (χ1) is 17.9. The Balaban J connectivity index is 1.00. The van der Waals surface area contributed by atoms with Crippen LogP contribution in [-0.2, 0) is 9.47 Å². The summed E-state index contributed by atoms with van der Waals surface area (Å²) in [4.78, 5) is 2.56. The Morgan fingerprint density at radius 3 is 2.65 bits per heavy atom. The fourth-order valence-electron chi connectivity index (χ4n) is 10.1. The number of rotatable bonds is 9. The number of ether oxygens (including phenoxy) is 2. The number of furan rings is 1. The van der Waals surface area contributed by atoms with Crippen LogP contribution in [0.25, 0.3) is 0 Å². The lowest BCUT2D eigenvalue weighted by atomic mass is 9.43. The van der Waals surface area contributed by atoms with Gasteiger partial charge < -0.3 is 23.9 Å². The highest BCUT2D eigenvalue weighted by Gasteiger charge is 2.67. The lowest BCUT2D eigenvalue weighted by Crippen LogP contribution is -2.62. The molecule has 0 amide bonds. The van der Waals surface area contributed by atoms with Crippen molar-refractivity contribution in [2.24, 2.45) is 28.6 Å². The van der Waals surface area contributed by atoms with Gasteiger partial charge in [0.2, 0.25) is 0 Å². The van der Waals surface area contributed by atoms with E-state index in [1.54, 1.807) is 6.26 Å². The normalized spacial score (nSPS) is 43.9. The van der Waals surface area contributed by atoms with E-state index in [0.717, 1.165) is 51.4 Å². The summed E-state index contributed by atoms with van der Waals surface area (Å²) in [5.41, 5.74) is 1.08. The number of hydrogen-bond acceptors (Lipinski definition) is 5. The Bertz CT molecular complexity index is 883. The van der Waals surface area contributed by atoms with Gasteiger partial charge in [-0.2, -0.15) is 0 Å². The number of hydrogen-bond donors (Lipinski definition) is 1. The zero-order valence-electron chi connectivity index (χ0n) is 23.5. The minimum atomic E-state index is -0.536. The average molecular weight is 514 g/mol. The third-order valence-corrected chi connectivity index (χ3v) is 12.3. The molecule has 0 spiro atoms. The standard InChI is InChI=1S/C32H51NO4/c1-30-12-8-26(37-21-20-35-18-5-17-33-15-3-4-16-33)22-25(30)6-7-29-28(30)9-13-31(2)27(10-14-32(29,31)34)24-11-19-36-23-24/h11,19,23,25-29,34H,3-10,12-18,20-22H2,1-2H3/t25-,26+,27-,28+,29-,30+,31-,32+/m1/s1. The van der Waals surface area contributed by atoms with Gasteiger partial charge in [-0.25, -0.2) is 0 Å². The topological polar surface area (TPSA) is 55.1 Å². The van der Waals surface area contributed by atoms with Crippen LogP contribution in [0.4, 0.5) is 0 Å². The van der Waals surface area contributed by atoms with Gasteiger partial charge >= 0.3 is 0 Å². The molecule has 37 heavy (non-hydrogen) atoms. The van der Waals surface area contributed by atoms with E-state index < -0.39 is 5.60 Å². The zero-order chi connectivity index (χ0) is 25.5. The highest BCUT2D eigenvalue weighted by Crippen LogP contribution is 2.70. The van der Waals surface area contributed by atoms with Gasteiger partial charge in [-0.15, -0.1) is 0 Å². The van der Waals surface area contributed by atoms with Crippen LogP contribution in [0.15, 0.2) is 23.0 Å². The fourth-order valence-corrected chi connectivity index (χ4v) is 10.1. The van der Waals surface area contributed by atoms with Crippen LogP contribution in [0, 0.1) is 28.6 Å². The molecule has 4 saturated carbocycles. The van der Waals surface area contributed by atoms with Crippen LogP contribution in [0.5, 0.6) is 0 Å². The van der Waals surface area contributed by atoms with E-state index >= 15 is 0 Å². The molecular formula is C32H51NO4. The van der Waals surface area contributed by atoms with Crippen molar-refractivity contribution in [3.8, 4) is 0 Å². The first-order valence-electron chi connectivity index (χ1n) is 15.6. The molecule has 5 nitrogen and oxygen atoms in total. The van der Waals surface area contributed by atoms with Crippen LogP contribution >= 0.6 is 0 Å². The molecule has 0 aromatic carbocycles. The molecule has 1 aromatic heterocycles. The van der Waals surface area contributed by atoms with Crippen LogP contribution in [0.1, 0.15) is 102 Å². The Hall–Kier alpha value is -0.880. The smallest absolute Gasteiger partial charge is 0.0937 e. The van der Waals surface area contributed by atoms with Crippen LogP contribution in [-0.4, -0.2) is 61.2 Å². The van der Waals surface area contributed by atoms with Crippen LogP contribution in [0.3, 0.4) is 0 Å². The second-order valence-corrected chi connectivity index (χ2v) is 13.8. The maximum Gasteiger partial charge on any atom is 0.0937 e. The molecule has 5 fully saturated rings. The summed E-state index contributed by atoms with van der Waals surface area (Å²) < 4.78 is 17.7. The van der Waals surface area contributed by atoms with Crippen molar-refractivity contribution in [1.29, 1.82) is 0 Å². The summed E-state index contributed by atoms with van der Waals surface area (Å²) in [5, 5.41) is 12.4. The lowest BCUT2D eigenvalue weighted by Gasteiger charge is -2.63.